The number of furan rings is 1. The molecule has 3 aromatic rings. The van der Waals surface area contributed by atoms with Crippen molar-refractivity contribution in [2.24, 2.45) is 5.92 Å². The van der Waals surface area contributed by atoms with Gasteiger partial charge in [-0.1, -0.05) is 37.1 Å². The van der Waals surface area contributed by atoms with E-state index < -0.39 is 0 Å². The van der Waals surface area contributed by atoms with Crippen molar-refractivity contribution in [3.63, 3.8) is 0 Å². The first kappa shape index (κ1) is 20.3. The minimum atomic E-state index is -0.327. The fourth-order valence-electron chi connectivity index (χ4n) is 5.10. The van der Waals surface area contributed by atoms with Gasteiger partial charge < -0.3 is 14.6 Å². The van der Waals surface area contributed by atoms with Crippen molar-refractivity contribution in [3.8, 4) is 0 Å². The molecule has 3 heterocycles. The highest BCUT2D eigenvalue weighted by molar-refractivity contribution is 7.10. The Balaban J connectivity index is 1.16. The fourth-order valence-corrected chi connectivity index (χ4v) is 6.09. The van der Waals surface area contributed by atoms with Gasteiger partial charge in [0, 0.05) is 29.9 Å². The molecule has 1 saturated heterocycles. The topological polar surface area (TPSA) is 62.6 Å². The number of rotatable bonds is 5. The molecular formula is C25H28N2O3S. The summed E-state index contributed by atoms with van der Waals surface area (Å²) < 4.78 is 5.75. The van der Waals surface area contributed by atoms with Crippen LogP contribution in [0.15, 0.2) is 52.3 Å². The molecule has 0 atom stereocenters. The van der Waals surface area contributed by atoms with Gasteiger partial charge >= 0.3 is 0 Å². The SMILES string of the molecule is O=C(c1cc2ccccc2o1)N1CCC(CNC(=O)C2(c3cccs3)CCCC2)CC1. The number of benzene rings is 1. The third-order valence-electron chi connectivity index (χ3n) is 6.97. The first-order valence-electron chi connectivity index (χ1n) is 11.3. The van der Waals surface area contributed by atoms with Gasteiger partial charge in [0.15, 0.2) is 5.76 Å². The minimum absolute atomic E-state index is 0.0405. The van der Waals surface area contributed by atoms with Crippen LogP contribution in [0, 0.1) is 5.92 Å². The summed E-state index contributed by atoms with van der Waals surface area (Å²) >= 11 is 1.70. The zero-order valence-corrected chi connectivity index (χ0v) is 18.5. The number of carbonyl (C=O) groups is 2. The summed E-state index contributed by atoms with van der Waals surface area (Å²) in [7, 11) is 0. The van der Waals surface area contributed by atoms with Crippen LogP contribution in [0.2, 0.25) is 0 Å². The molecule has 0 radical (unpaired) electrons. The van der Waals surface area contributed by atoms with Gasteiger partial charge in [-0.25, -0.2) is 0 Å². The van der Waals surface area contributed by atoms with Gasteiger partial charge in [0.2, 0.25) is 5.91 Å². The molecule has 5 nitrogen and oxygen atoms in total. The predicted octanol–water partition coefficient (Wildman–Crippen LogP) is 4.97. The number of piperidine rings is 1. The lowest BCUT2D eigenvalue weighted by Crippen LogP contribution is -2.46. The molecule has 2 amide bonds. The molecular weight excluding hydrogens is 408 g/mol. The number of thiophene rings is 1. The van der Waals surface area contributed by atoms with Crippen LogP contribution in [0.4, 0.5) is 0 Å². The summed E-state index contributed by atoms with van der Waals surface area (Å²) in [5, 5.41) is 6.28. The lowest BCUT2D eigenvalue weighted by molar-refractivity contribution is -0.126. The van der Waals surface area contributed by atoms with Crippen LogP contribution in [-0.2, 0) is 10.2 Å². The van der Waals surface area contributed by atoms with E-state index in [2.05, 4.69) is 16.8 Å². The molecule has 2 fully saturated rings. The van der Waals surface area contributed by atoms with Gasteiger partial charge in [-0.15, -0.1) is 11.3 Å². The van der Waals surface area contributed by atoms with Crippen molar-refractivity contribution in [1.29, 1.82) is 0 Å². The second kappa shape index (κ2) is 8.50. The van der Waals surface area contributed by atoms with Gasteiger partial charge in [0.05, 0.1) is 5.41 Å². The lowest BCUT2D eigenvalue weighted by atomic mass is 9.83. The molecule has 0 unspecified atom stereocenters. The Kier molecular flexibility index (Phi) is 5.57. The number of amides is 2. The molecule has 1 aliphatic carbocycles. The van der Waals surface area contributed by atoms with Gasteiger partial charge in [0.1, 0.15) is 5.58 Å². The van der Waals surface area contributed by atoms with E-state index in [4.69, 9.17) is 4.42 Å². The van der Waals surface area contributed by atoms with Gasteiger partial charge in [-0.05, 0) is 55.2 Å². The quantitative estimate of drug-likeness (QED) is 0.614. The van der Waals surface area contributed by atoms with E-state index in [0.29, 0.717) is 31.3 Å². The van der Waals surface area contributed by atoms with Crippen LogP contribution in [0.1, 0.15) is 54.0 Å². The normalized spacial score (nSPS) is 19.0. The van der Waals surface area contributed by atoms with E-state index in [1.165, 1.54) is 4.88 Å². The van der Waals surface area contributed by atoms with E-state index in [-0.39, 0.29) is 17.2 Å². The summed E-state index contributed by atoms with van der Waals surface area (Å²) in [6.07, 6.45) is 5.94. The molecule has 1 saturated carbocycles. The number of carbonyl (C=O) groups excluding carboxylic acids is 2. The molecule has 1 aliphatic heterocycles. The highest BCUT2D eigenvalue weighted by atomic mass is 32.1. The first-order valence-corrected chi connectivity index (χ1v) is 12.1. The third kappa shape index (κ3) is 3.89. The number of likely N-dealkylation sites (tertiary alicyclic amines) is 1. The molecule has 1 aromatic carbocycles. The van der Waals surface area contributed by atoms with Crippen molar-refractivity contribution in [2.75, 3.05) is 19.6 Å². The summed E-state index contributed by atoms with van der Waals surface area (Å²) in [4.78, 5) is 29.1. The number of hydrogen-bond donors (Lipinski definition) is 1. The van der Waals surface area contributed by atoms with Crippen molar-refractivity contribution < 1.29 is 14.0 Å². The van der Waals surface area contributed by atoms with E-state index in [0.717, 1.165) is 49.5 Å². The Labute approximate surface area is 186 Å². The first-order chi connectivity index (χ1) is 15.2. The maximum absolute atomic E-state index is 13.2. The molecule has 0 bridgehead atoms. The zero-order chi connectivity index (χ0) is 21.3. The van der Waals surface area contributed by atoms with Gasteiger partial charge in [0.25, 0.3) is 5.91 Å². The molecule has 162 valence electrons. The molecule has 2 aromatic heterocycles. The second-order valence-electron chi connectivity index (χ2n) is 8.86. The Hall–Kier alpha value is -2.60. The molecule has 31 heavy (non-hydrogen) atoms. The van der Waals surface area contributed by atoms with Crippen molar-refractivity contribution >= 4 is 34.1 Å². The van der Waals surface area contributed by atoms with Crippen molar-refractivity contribution in [2.45, 2.75) is 43.9 Å². The highest BCUT2D eigenvalue weighted by Crippen LogP contribution is 2.43. The summed E-state index contributed by atoms with van der Waals surface area (Å²) in [6, 6.07) is 13.7. The van der Waals surface area contributed by atoms with E-state index in [1.807, 2.05) is 41.3 Å². The Bertz CT molecular complexity index is 1020. The van der Waals surface area contributed by atoms with Crippen LogP contribution in [0.25, 0.3) is 11.0 Å². The lowest BCUT2D eigenvalue weighted by Gasteiger charge is -2.33. The number of fused-ring (bicyclic) bond motifs is 1. The number of nitrogens with one attached hydrogen (secondary N) is 1. The second-order valence-corrected chi connectivity index (χ2v) is 9.81. The van der Waals surface area contributed by atoms with Crippen LogP contribution < -0.4 is 5.32 Å². The Morgan fingerprint density at radius 2 is 1.87 bits per heavy atom. The van der Waals surface area contributed by atoms with Crippen LogP contribution in [-0.4, -0.2) is 36.3 Å². The van der Waals surface area contributed by atoms with Crippen molar-refractivity contribution in [1.82, 2.24) is 10.2 Å². The molecule has 0 spiro atoms. The number of hydrogen-bond acceptors (Lipinski definition) is 4. The monoisotopic (exact) mass is 436 g/mol. The number of nitrogens with zero attached hydrogens (tertiary/aromatic N) is 1. The molecule has 1 N–H and O–H groups in total. The predicted molar refractivity (Wildman–Crippen MR) is 122 cm³/mol. The third-order valence-corrected chi connectivity index (χ3v) is 8.05. The van der Waals surface area contributed by atoms with Crippen LogP contribution >= 0.6 is 11.3 Å². The molecule has 5 rings (SSSR count). The van der Waals surface area contributed by atoms with E-state index >= 15 is 0 Å². The average molecular weight is 437 g/mol. The Morgan fingerprint density at radius 1 is 1.10 bits per heavy atom. The van der Waals surface area contributed by atoms with Crippen LogP contribution in [0.5, 0.6) is 0 Å². The molecule has 6 heteroatoms. The standard InChI is InChI=1S/C25H28N2O3S/c28-23(21-16-19-6-1-2-7-20(19)30-21)27-13-9-18(10-14-27)17-26-24(29)25(11-3-4-12-25)22-8-5-15-31-22/h1-2,5-8,15-16,18H,3-4,9-14,17H2,(H,26,29). The van der Waals surface area contributed by atoms with E-state index in [1.54, 1.807) is 11.3 Å². The summed E-state index contributed by atoms with van der Waals surface area (Å²) in [5.74, 6) is 0.965. The summed E-state index contributed by atoms with van der Waals surface area (Å²) in [6.45, 7) is 2.09. The average Bonchev–Trinajstić information content (AvgIpc) is 3.57. The van der Waals surface area contributed by atoms with Crippen LogP contribution in [0.3, 0.4) is 0 Å². The molecule has 2 aliphatic rings. The van der Waals surface area contributed by atoms with Gasteiger partial charge in [-0.3, -0.25) is 9.59 Å². The maximum Gasteiger partial charge on any atom is 0.289 e. The maximum atomic E-state index is 13.2. The minimum Gasteiger partial charge on any atom is -0.451 e. The van der Waals surface area contributed by atoms with E-state index in [9.17, 15) is 9.59 Å². The number of para-hydroxylation sites is 1. The fraction of sp³-hybridized carbons (Fsp3) is 0.440. The smallest absolute Gasteiger partial charge is 0.289 e. The summed E-state index contributed by atoms with van der Waals surface area (Å²) in [5.41, 5.74) is 0.418. The Morgan fingerprint density at radius 3 is 2.58 bits per heavy atom. The largest absolute Gasteiger partial charge is 0.451 e. The highest BCUT2D eigenvalue weighted by Gasteiger charge is 2.43. The zero-order valence-electron chi connectivity index (χ0n) is 17.6. The van der Waals surface area contributed by atoms with Crippen molar-refractivity contribution in [3.05, 3.63) is 58.5 Å². The van der Waals surface area contributed by atoms with Gasteiger partial charge in [-0.2, -0.15) is 0 Å².